The van der Waals surface area contributed by atoms with Crippen LogP contribution in [0.5, 0.6) is 5.75 Å². The quantitative estimate of drug-likeness (QED) is 0.716. The van der Waals surface area contributed by atoms with Crippen LogP contribution in [-0.4, -0.2) is 28.9 Å². The van der Waals surface area contributed by atoms with E-state index in [0.717, 1.165) is 16.3 Å². The second-order valence-electron chi connectivity index (χ2n) is 7.07. The van der Waals surface area contributed by atoms with Crippen LogP contribution in [0.1, 0.15) is 37.0 Å². The molecule has 2 N–H and O–H groups in total. The summed E-state index contributed by atoms with van der Waals surface area (Å²) >= 11 is 1.59. The minimum absolute atomic E-state index is 0.0589. The average molecular weight is 388 g/mol. The highest BCUT2D eigenvalue weighted by molar-refractivity contribution is 7.09. The smallest absolute Gasteiger partial charge is 0.244 e. The topological polar surface area (TPSA) is 80.3 Å². The number of aromatic nitrogens is 1. The molecule has 0 saturated carbocycles. The summed E-state index contributed by atoms with van der Waals surface area (Å²) in [7, 11) is 0. The van der Waals surface area contributed by atoms with Crippen LogP contribution in [-0.2, 0) is 16.2 Å². The zero-order valence-electron chi connectivity index (χ0n) is 16.0. The minimum atomic E-state index is -0.330. The van der Waals surface area contributed by atoms with Crippen molar-refractivity contribution in [1.29, 1.82) is 0 Å². The second-order valence-corrected chi connectivity index (χ2v) is 8.13. The molecule has 1 aromatic heterocycles. The van der Waals surface area contributed by atoms with Crippen LogP contribution in [0.4, 0.5) is 0 Å². The summed E-state index contributed by atoms with van der Waals surface area (Å²) in [5.74, 6) is 0.146. The van der Waals surface area contributed by atoms with Gasteiger partial charge < -0.3 is 15.4 Å². The number of thiazole rings is 1. The summed E-state index contributed by atoms with van der Waals surface area (Å²) < 4.78 is 5.74. The lowest BCUT2D eigenvalue weighted by molar-refractivity contribution is -0.124. The summed E-state index contributed by atoms with van der Waals surface area (Å²) in [6.07, 6.45) is 3.07. The molecule has 0 aliphatic heterocycles. The molecule has 6 nitrogen and oxygen atoms in total. The van der Waals surface area contributed by atoms with Crippen LogP contribution in [0.15, 0.2) is 35.7 Å². The average Bonchev–Trinajstić information content (AvgIpc) is 3.01. The number of hydrogen-bond donors (Lipinski definition) is 2. The summed E-state index contributed by atoms with van der Waals surface area (Å²) in [6.45, 7) is 7.96. The van der Waals surface area contributed by atoms with Crippen molar-refractivity contribution in [2.45, 2.75) is 39.8 Å². The molecule has 0 unspecified atom stereocenters. The summed E-state index contributed by atoms with van der Waals surface area (Å²) in [5.41, 5.74) is 1.40. The molecule has 1 aromatic carbocycles. The zero-order chi connectivity index (χ0) is 19.9. The molecule has 0 aliphatic carbocycles. The van der Waals surface area contributed by atoms with Crippen molar-refractivity contribution < 1.29 is 14.3 Å². The van der Waals surface area contributed by atoms with Crippen molar-refractivity contribution in [3.63, 3.8) is 0 Å². The van der Waals surface area contributed by atoms with Crippen molar-refractivity contribution in [3.8, 4) is 5.75 Å². The van der Waals surface area contributed by atoms with Gasteiger partial charge in [0.05, 0.1) is 17.2 Å². The van der Waals surface area contributed by atoms with E-state index in [4.69, 9.17) is 4.74 Å². The normalized spacial score (nSPS) is 11.4. The molecule has 0 spiro atoms. The van der Waals surface area contributed by atoms with Gasteiger partial charge in [0.15, 0.2) is 0 Å². The fraction of sp³-hybridized carbons (Fsp3) is 0.350. The zero-order valence-corrected chi connectivity index (χ0v) is 16.9. The Bertz CT molecular complexity index is 822. The number of amides is 2. The molecular formula is C20H25N3O3S. The highest BCUT2D eigenvalue weighted by Crippen LogP contribution is 2.17. The van der Waals surface area contributed by atoms with Gasteiger partial charge in [0.2, 0.25) is 11.8 Å². The van der Waals surface area contributed by atoms with Crippen LogP contribution in [0.2, 0.25) is 0 Å². The van der Waals surface area contributed by atoms with Gasteiger partial charge in [-0.15, -0.1) is 11.3 Å². The van der Waals surface area contributed by atoms with E-state index in [1.165, 1.54) is 6.08 Å². The van der Waals surface area contributed by atoms with Gasteiger partial charge in [-0.05, 0) is 51.5 Å². The Morgan fingerprint density at radius 2 is 2.07 bits per heavy atom. The monoisotopic (exact) mass is 387 g/mol. The minimum Gasteiger partial charge on any atom is -0.487 e. The first-order chi connectivity index (χ1) is 12.7. The molecule has 7 heteroatoms. The lowest BCUT2D eigenvalue weighted by atomic mass is 10.1. The van der Waals surface area contributed by atoms with E-state index in [1.54, 1.807) is 17.4 Å². The van der Waals surface area contributed by atoms with E-state index >= 15 is 0 Å². The molecular weight excluding hydrogens is 362 g/mol. The Morgan fingerprint density at radius 1 is 1.30 bits per heavy atom. The highest BCUT2D eigenvalue weighted by Gasteiger charge is 2.13. The van der Waals surface area contributed by atoms with Gasteiger partial charge in [-0.2, -0.15) is 0 Å². The SMILES string of the molecule is Cc1nc(COc2cccc(/C=C/C(=O)NCC(=O)NC(C)(C)C)c2)cs1. The maximum Gasteiger partial charge on any atom is 0.244 e. The van der Waals surface area contributed by atoms with Gasteiger partial charge in [-0.3, -0.25) is 9.59 Å². The van der Waals surface area contributed by atoms with Crippen LogP contribution >= 0.6 is 11.3 Å². The molecule has 0 saturated heterocycles. The molecule has 0 bridgehead atoms. The third-order valence-corrected chi connectivity index (χ3v) is 4.10. The molecule has 2 aromatic rings. The van der Waals surface area contributed by atoms with Crippen LogP contribution in [0.3, 0.4) is 0 Å². The standard InChI is InChI=1S/C20H25N3O3S/c1-14-22-16(13-27-14)12-26-17-7-5-6-15(10-17)8-9-18(24)21-11-19(25)23-20(2,3)4/h5-10,13H,11-12H2,1-4H3,(H,21,24)(H,23,25)/b9-8+. The van der Waals surface area contributed by atoms with E-state index in [2.05, 4.69) is 15.6 Å². The number of nitrogens with zero attached hydrogens (tertiary/aromatic N) is 1. The number of benzene rings is 1. The fourth-order valence-electron chi connectivity index (χ4n) is 2.20. The first kappa shape index (κ1) is 20.6. The lowest BCUT2D eigenvalue weighted by Gasteiger charge is -2.20. The lowest BCUT2D eigenvalue weighted by Crippen LogP contribution is -2.45. The number of carbonyl (C=O) groups is 2. The fourth-order valence-corrected chi connectivity index (χ4v) is 2.80. The number of aryl methyl sites for hydroxylation is 1. The third-order valence-electron chi connectivity index (χ3n) is 3.28. The Balaban J connectivity index is 1.83. The number of carbonyl (C=O) groups excluding carboxylic acids is 2. The number of ether oxygens (including phenoxy) is 1. The van der Waals surface area contributed by atoms with Crippen LogP contribution < -0.4 is 15.4 Å². The first-order valence-electron chi connectivity index (χ1n) is 8.62. The van der Waals surface area contributed by atoms with Gasteiger partial charge in [0.25, 0.3) is 0 Å². The molecule has 1 heterocycles. The highest BCUT2D eigenvalue weighted by atomic mass is 32.1. The largest absolute Gasteiger partial charge is 0.487 e. The van der Waals surface area contributed by atoms with Crippen molar-refractivity contribution >= 4 is 29.2 Å². The van der Waals surface area contributed by atoms with Crippen molar-refractivity contribution in [2.24, 2.45) is 0 Å². The molecule has 0 fully saturated rings. The Hall–Kier alpha value is -2.67. The third kappa shape index (κ3) is 8.04. The van der Waals surface area contributed by atoms with Gasteiger partial charge >= 0.3 is 0 Å². The number of hydrogen-bond acceptors (Lipinski definition) is 5. The molecule has 27 heavy (non-hydrogen) atoms. The maximum absolute atomic E-state index is 11.9. The molecule has 0 radical (unpaired) electrons. The molecule has 0 atom stereocenters. The van der Waals surface area contributed by atoms with E-state index in [-0.39, 0.29) is 23.9 Å². The van der Waals surface area contributed by atoms with Crippen molar-refractivity contribution in [2.75, 3.05) is 6.54 Å². The van der Waals surface area contributed by atoms with Gasteiger partial charge in [0, 0.05) is 17.0 Å². The van der Waals surface area contributed by atoms with Crippen molar-refractivity contribution in [1.82, 2.24) is 15.6 Å². The van der Waals surface area contributed by atoms with Crippen LogP contribution in [0, 0.1) is 6.92 Å². The predicted octanol–water partition coefficient (Wildman–Crippen LogP) is 3.07. The molecule has 2 amide bonds. The second kappa shape index (κ2) is 9.32. The first-order valence-corrected chi connectivity index (χ1v) is 9.50. The molecule has 0 aliphatic rings. The van der Waals surface area contributed by atoms with Crippen molar-refractivity contribution in [3.05, 3.63) is 52.0 Å². The summed E-state index contributed by atoms with van der Waals surface area (Å²) in [5, 5.41) is 8.33. The van der Waals surface area contributed by atoms with E-state index in [0.29, 0.717) is 12.4 Å². The van der Waals surface area contributed by atoms with E-state index < -0.39 is 0 Å². The predicted molar refractivity (Wildman–Crippen MR) is 108 cm³/mol. The Morgan fingerprint density at radius 3 is 2.74 bits per heavy atom. The van der Waals surface area contributed by atoms with E-state index in [1.807, 2.05) is 57.3 Å². The van der Waals surface area contributed by atoms with Gasteiger partial charge in [-0.25, -0.2) is 4.98 Å². The Kier molecular flexibility index (Phi) is 7.12. The van der Waals surface area contributed by atoms with Crippen LogP contribution in [0.25, 0.3) is 6.08 Å². The molecule has 2 rings (SSSR count). The van der Waals surface area contributed by atoms with Gasteiger partial charge in [-0.1, -0.05) is 12.1 Å². The maximum atomic E-state index is 11.9. The summed E-state index contributed by atoms with van der Waals surface area (Å²) in [4.78, 5) is 27.9. The Labute approximate surface area is 163 Å². The summed E-state index contributed by atoms with van der Waals surface area (Å²) in [6, 6.07) is 7.43. The molecule has 144 valence electrons. The number of nitrogens with one attached hydrogen (secondary N) is 2. The van der Waals surface area contributed by atoms with Gasteiger partial charge in [0.1, 0.15) is 12.4 Å². The number of rotatable bonds is 7. The van der Waals surface area contributed by atoms with E-state index in [9.17, 15) is 9.59 Å².